The van der Waals surface area contributed by atoms with E-state index in [0.717, 1.165) is 6.07 Å². The Kier molecular flexibility index (Phi) is 3.93. The van der Waals surface area contributed by atoms with Crippen molar-refractivity contribution in [2.45, 2.75) is 11.8 Å². The summed E-state index contributed by atoms with van der Waals surface area (Å²) in [6.07, 6.45) is 1.23. The number of carbonyl (C=O) groups is 1. The van der Waals surface area contributed by atoms with Gasteiger partial charge in [-0.2, -0.15) is 0 Å². The Bertz CT molecular complexity index is 814. The maximum absolute atomic E-state index is 12.2. The summed E-state index contributed by atoms with van der Waals surface area (Å²) in [7, 11) is -2.45. The van der Waals surface area contributed by atoms with Gasteiger partial charge in [0, 0.05) is 13.2 Å². The summed E-state index contributed by atoms with van der Waals surface area (Å²) in [6.45, 7) is 1.61. The van der Waals surface area contributed by atoms with Crippen molar-refractivity contribution < 1.29 is 18.3 Å². The SMILES string of the molecule is Cc1nc(Cl)ccc1NS(=O)(=O)c1cc(C(=O)O)n(C)c1. The van der Waals surface area contributed by atoms with Gasteiger partial charge in [0.15, 0.2) is 0 Å². The van der Waals surface area contributed by atoms with Crippen LogP contribution < -0.4 is 4.72 Å². The molecule has 0 unspecified atom stereocenters. The first-order valence-electron chi connectivity index (χ1n) is 5.76. The Balaban J connectivity index is 2.38. The maximum Gasteiger partial charge on any atom is 0.352 e. The molecule has 0 bridgehead atoms. The molecule has 2 N–H and O–H groups in total. The van der Waals surface area contributed by atoms with E-state index in [2.05, 4.69) is 9.71 Å². The highest BCUT2D eigenvalue weighted by molar-refractivity contribution is 7.92. The highest BCUT2D eigenvalue weighted by atomic mass is 35.5. The fourth-order valence-corrected chi connectivity index (χ4v) is 3.11. The third-order valence-electron chi connectivity index (χ3n) is 2.81. The van der Waals surface area contributed by atoms with Crippen LogP contribution in [0.4, 0.5) is 5.69 Å². The number of halogens is 1. The topological polar surface area (TPSA) is 101 Å². The van der Waals surface area contributed by atoms with Crippen LogP contribution in [0.3, 0.4) is 0 Å². The molecule has 0 aliphatic heterocycles. The largest absolute Gasteiger partial charge is 0.477 e. The lowest BCUT2D eigenvalue weighted by Gasteiger charge is -2.08. The minimum absolute atomic E-state index is 0.124. The van der Waals surface area contributed by atoms with Gasteiger partial charge in [-0.1, -0.05) is 11.6 Å². The van der Waals surface area contributed by atoms with Crippen LogP contribution in [0.25, 0.3) is 0 Å². The highest BCUT2D eigenvalue weighted by Gasteiger charge is 2.21. The van der Waals surface area contributed by atoms with Crippen LogP contribution in [0.5, 0.6) is 0 Å². The lowest BCUT2D eigenvalue weighted by Crippen LogP contribution is -2.13. The van der Waals surface area contributed by atoms with Crippen LogP contribution in [0.15, 0.2) is 29.3 Å². The summed E-state index contributed by atoms with van der Waals surface area (Å²) in [4.78, 5) is 14.8. The summed E-state index contributed by atoms with van der Waals surface area (Å²) in [5.41, 5.74) is 0.571. The first-order valence-corrected chi connectivity index (χ1v) is 7.62. The summed E-state index contributed by atoms with van der Waals surface area (Å²) in [5.74, 6) is -1.21. The van der Waals surface area contributed by atoms with Gasteiger partial charge in [0.25, 0.3) is 10.0 Å². The summed E-state index contributed by atoms with van der Waals surface area (Å²) < 4.78 is 28.1. The van der Waals surface area contributed by atoms with E-state index in [1.807, 2.05) is 0 Å². The zero-order valence-electron chi connectivity index (χ0n) is 11.2. The van der Waals surface area contributed by atoms with Gasteiger partial charge in [-0.05, 0) is 25.1 Å². The van der Waals surface area contributed by atoms with Gasteiger partial charge < -0.3 is 9.67 Å². The van der Waals surface area contributed by atoms with Gasteiger partial charge >= 0.3 is 5.97 Å². The van der Waals surface area contributed by atoms with Crippen LogP contribution in [0.2, 0.25) is 5.15 Å². The number of rotatable bonds is 4. The van der Waals surface area contributed by atoms with E-state index in [1.54, 1.807) is 6.92 Å². The third kappa shape index (κ3) is 3.17. The number of carboxylic acid groups (broad SMARTS) is 1. The first-order chi connectivity index (χ1) is 9.70. The molecule has 0 atom stereocenters. The molecule has 0 saturated carbocycles. The van der Waals surface area contributed by atoms with E-state index in [9.17, 15) is 13.2 Å². The number of anilines is 1. The molecule has 9 heteroatoms. The average molecular weight is 330 g/mol. The van der Waals surface area contributed by atoms with Crippen LogP contribution in [0.1, 0.15) is 16.2 Å². The molecule has 0 saturated heterocycles. The molecule has 7 nitrogen and oxygen atoms in total. The van der Waals surface area contributed by atoms with Crippen molar-refractivity contribution in [2.24, 2.45) is 7.05 Å². The van der Waals surface area contributed by atoms with E-state index in [4.69, 9.17) is 16.7 Å². The predicted octanol–water partition coefficient (Wildman–Crippen LogP) is 1.88. The van der Waals surface area contributed by atoms with E-state index in [0.29, 0.717) is 5.69 Å². The molecule has 2 heterocycles. The van der Waals surface area contributed by atoms with Gasteiger partial charge in [-0.3, -0.25) is 4.72 Å². The van der Waals surface area contributed by atoms with Gasteiger partial charge in [-0.25, -0.2) is 18.2 Å². The monoisotopic (exact) mass is 329 g/mol. The third-order valence-corrected chi connectivity index (χ3v) is 4.35. The summed E-state index contributed by atoms with van der Waals surface area (Å²) >= 11 is 5.71. The number of carboxylic acids is 1. The summed E-state index contributed by atoms with van der Waals surface area (Å²) in [6, 6.07) is 4.03. The van der Waals surface area contributed by atoms with Gasteiger partial charge in [0.1, 0.15) is 15.7 Å². The number of pyridine rings is 1. The lowest BCUT2D eigenvalue weighted by atomic mass is 10.3. The van der Waals surface area contributed by atoms with Crippen molar-refractivity contribution in [1.82, 2.24) is 9.55 Å². The smallest absolute Gasteiger partial charge is 0.352 e. The van der Waals surface area contributed by atoms with Crippen molar-refractivity contribution in [3.05, 3.63) is 40.9 Å². The van der Waals surface area contributed by atoms with E-state index < -0.39 is 16.0 Å². The van der Waals surface area contributed by atoms with Gasteiger partial charge in [0.05, 0.1) is 11.4 Å². The number of aromatic nitrogens is 2. The fourth-order valence-electron chi connectivity index (χ4n) is 1.74. The molecule has 21 heavy (non-hydrogen) atoms. The Morgan fingerprint density at radius 3 is 2.62 bits per heavy atom. The molecular formula is C12H12ClN3O4S. The zero-order valence-corrected chi connectivity index (χ0v) is 12.7. The highest BCUT2D eigenvalue weighted by Crippen LogP contribution is 2.21. The molecule has 0 aliphatic rings. The van der Waals surface area contributed by atoms with Gasteiger partial charge in [-0.15, -0.1) is 0 Å². The number of hydrogen-bond acceptors (Lipinski definition) is 4. The van der Waals surface area contributed by atoms with Crippen molar-refractivity contribution in [2.75, 3.05) is 4.72 Å². The van der Waals surface area contributed by atoms with Crippen LogP contribution in [0, 0.1) is 6.92 Å². The predicted molar refractivity (Wildman–Crippen MR) is 77.2 cm³/mol. The minimum Gasteiger partial charge on any atom is -0.477 e. The quantitative estimate of drug-likeness (QED) is 0.834. The Morgan fingerprint density at radius 2 is 2.10 bits per heavy atom. The number of aromatic carboxylic acids is 1. The van der Waals surface area contributed by atoms with Crippen molar-refractivity contribution in [3.63, 3.8) is 0 Å². The lowest BCUT2D eigenvalue weighted by molar-refractivity contribution is 0.0686. The van der Waals surface area contributed by atoms with E-state index in [-0.39, 0.29) is 21.4 Å². The molecule has 0 radical (unpaired) electrons. The zero-order chi connectivity index (χ0) is 15.8. The molecular weight excluding hydrogens is 318 g/mol. The molecule has 0 aromatic carbocycles. The number of nitrogens with zero attached hydrogens (tertiary/aromatic N) is 2. The van der Waals surface area contributed by atoms with Crippen molar-refractivity contribution in [3.8, 4) is 0 Å². The molecule has 2 aromatic rings. The van der Waals surface area contributed by atoms with Crippen molar-refractivity contribution >= 4 is 33.3 Å². The van der Waals surface area contributed by atoms with Crippen LogP contribution in [-0.4, -0.2) is 29.0 Å². The first kappa shape index (κ1) is 15.3. The van der Waals surface area contributed by atoms with Crippen LogP contribution >= 0.6 is 11.6 Å². The Labute approximate surface area is 126 Å². The normalized spacial score (nSPS) is 11.4. The van der Waals surface area contributed by atoms with E-state index in [1.165, 1.54) is 29.9 Å². The summed E-state index contributed by atoms with van der Waals surface area (Å²) in [5, 5.41) is 9.20. The Hall–Kier alpha value is -2.06. The van der Waals surface area contributed by atoms with E-state index >= 15 is 0 Å². The second kappa shape index (κ2) is 5.38. The molecule has 2 rings (SSSR count). The Morgan fingerprint density at radius 1 is 1.43 bits per heavy atom. The minimum atomic E-state index is -3.90. The molecule has 2 aromatic heterocycles. The second-order valence-electron chi connectivity index (χ2n) is 4.35. The molecule has 112 valence electrons. The molecule has 0 fully saturated rings. The van der Waals surface area contributed by atoms with Gasteiger partial charge in [0.2, 0.25) is 0 Å². The van der Waals surface area contributed by atoms with Crippen LogP contribution in [-0.2, 0) is 17.1 Å². The average Bonchev–Trinajstić information content (AvgIpc) is 2.76. The molecule has 0 amide bonds. The second-order valence-corrected chi connectivity index (χ2v) is 6.42. The number of nitrogens with one attached hydrogen (secondary N) is 1. The van der Waals surface area contributed by atoms with Crippen molar-refractivity contribution in [1.29, 1.82) is 0 Å². The standard InChI is InChI=1S/C12H12ClN3O4S/c1-7-9(3-4-11(13)14-7)15-21(19,20)8-5-10(12(17)18)16(2)6-8/h3-6,15H,1-2H3,(H,17,18). The fraction of sp³-hybridized carbons (Fsp3) is 0.167. The molecule has 0 aliphatic carbocycles. The molecule has 0 spiro atoms. The number of sulfonamides is 1. The number of hydrogen-bond donors (Lipinski definition) is 2. The number of aryl methyl sites for hydroxylation is 2. The maximum atomic E-state index is 12.2.